The Labute approximate surface area is 135 Å². The molecule has 4 nitrogen and oxygen atoms in total. The van der Waals surface area contributed by atoms with E-state index in [-0.39, 0.29) is 12.4 Å². The third-order valence-electron chi connectivity index (χ3n) is 3.91. The summed E-state index contributed by atoms with van der Waals surface area (Å²) >= 11 is 1.69. The van der Waals surface area contributed by atoms with Crippen LogP contribution in [0.1, 0.15) is 18.5 Å². The Kier molecular flexibility index (Phi) is 6.23. The molecule has 0 aliphatic carbocycles. The maximum atomic E-state index is 5.43. The van der Waals surface area contributed by atoms with Gasteiger partial charge < -0.3 is 9.84 Å². The minimum Gasteiger partial charge on any atom is -0.355 e. The van der Waals surface area contributed by atoms with Gasteiger partial charge >= 0.3 is 0 Å². The molecule has 0 amide bonds. The molecule has 0 bridgehead atoms. The van der Waals surface area contributed by atoms with Crippen LogP contribution >= 0.6 is 23.7 Å². The van der Waals surface area contributed by atoms with Gasteiger partial charge in [-0.05, 0) is 56.9 Å². The quantitative estimate of drug-likeness (QED) is 0.915. The van der Waals surface area contributed by atoms with Gasteiger partial charge in [0.25, 0.3) is 0 Å². The Balaban J connectivity index is 0.00000161. The topological polar surface area (TPSA) is 41.3 Å². The molecular formula is C15H22ClN3OS. The SMILES string of the molecule is CNCC1CCN(Cc2cc(-c3cccs3)on2)CC1.Cl. The Morgan fingerprint density at radius 3 is 2.90 bits per heavy atom. The van der Waals surface area contributed by atoms with Crippen molar-refractivity contribution in [3.63, 3.8) is 0 Å². The molecule has 2 aromatic heterocycles. The highest BCUT2D eigenvalue weighted by Gasteiger charge is 2.19. The molecule has 0 atom stereocenters. The zero-order valence-electron chi connectivity index (χ0n) is 12.2. The second kappa shape index (κ2) is 7.94. The summed E-state index contributed by atoms with van der Waals surface area (Å²) in [5.41, 5.74) is 1.04. The van der Waals surface area contributed by atoms with Crippen LogP contribution in [0.3, 0.4) is 0 Å². The van der Waals surface area contributed by atoms with Gasteiger partial charge in [-0.25, -0.2) is 0 Å². The Morgan fingerprint density at radius 1 is 1.43 bits per heavy atom. The molecule has 3 rings (SSSR count). The largest absolute Gasteiger partial charge is 0.355 e. The van der Waals surface area contributed by atoms with Crippen molar-refractivity contribution in [3.05, 3.63) is 29.3 Å². The second-order valence-electron chi connectivity index (χ2n) is 5.44. The lowest BCUT2D eigenvalue weighted by atomic mass is 9.97. The lowest BCUT2D eigenvalue weighted by molar-refractivity contribution is 0.173. The van der Waals surface area contributed by atoms with Crippen molar-refractivity contribution in [2.45, 2.75) is 19.4 Å². The molecule has 116 valence electrons. The normalized spacial score (nSPS) is 16.8. The number of piperidine rings is 1. The fourth-order valence-electron chi connectivity index (χ4n) is 2.79. The van der Waals surface area contributed by atoms with Crippen LogP contribution < -0.4 is 5.32 Å². The van der Waals surface area contributed by atoms with E-state index in [0.717, 1.165) is 48.4 Å². The van der Waals surface area contributed by atoms with Crippen LogP contribution in [0.5, 0.6) is 0 Å². The van der Waals surface area contributed by atoms with Gasteiger partial charge in [0.1, 0.15) is 0 Å². The number of aromatic nitrogens is 1. The first-order valence-corrected chi connectivity index (χ1v) is 8.09. The van der Waals surface area contributed by atoms with Crippen molar-refractivity contribution >= 4 is 23.7 Å². The van der Waals surface area contributed by atoms with Gasteiger partial charge in [0.2, 0.25) is 0 Å². The maximum Gasteiger partial charge on any atom is 0.177 e. The molecule has 0 aromatic carbocycles. The van der Waals surface area contributed by atoms with E-state index >= 15 is 0 Å². The molecule has 0 spiro atoms. The van der Waals surface area contributed by atoms with Crippen LogP contribution in [-0.4, -0.2) is 36.7 Å². The predicted molar refractivity (Wildman–Crippen MR) is 89.0 cm³/mol. The number of halogens is 1. The zero-order valence-corrected chi connectivity index (χ0v) is 13.9. The van der Waals surface area contributed by atoms with Crippen LogP contribution in [-0.2, 0) is 6.54 Å². The molecule has 1 fully saturated rings. The van der Waals surface area contributed by atoms with E-state index in [0.29, 0.717) is 0 Å². The highest BCUT2D eigenvalue weighted by molar-refractivity contribution is 7.13. The summed E-state index contributed by atoms with van der Waals surface area (Å²) in [5, 5.41) is 9.54. The van der Waals surface area contributed by atoms with E-state index in [4.69, 9.17) is 4.52 Å². The highest BCUT2D eigenvalue weighted by Crippen LogP contribution is 2.26. The molecule has 0 unspecified atom stereocenters. The molecule has 1 N–H and O–H groups in total. The summed E-state index contributed by atoms with van der Waals surface area (Å²) in [4.78, 5) is 3.62. The van der Waals surface area contributed by atoms with E-state index in [1.807, 2.05) is 13.1 Å². The molecule has 21 heavy (non-hydrogen) atoms. The Bertz CT molecular complexity index is 521. The minimum absolute atomic E-state index is 0. The van der Waals surface area contributed by atoms with E-state index in [1.165, 1.54) is 12.8 Å². The van der Waals surface area contributed by atoms with Crippen molar-refractivity contribution in [1.82, 2.24) is 15.4 Å². The molecule has 3 heterocycles. The van der Waals surface area contributed by atoms with Crippen LogP contribution in [0, 0.1) is 5.92 Å². The van der Waals surface area contributed by atoms with Crippen LogP contribution in [0.15, 0.2) is 28.1 Å². The molecule has 0 saturated carbocycles. The molecule has 1 aliphatic rings. The van der Waals surface area contributed by atoms with Gasteiger partial charge in [-0.1, -0.05) is 11.2 Å². The van der Waals surface area contributed by atoms with E-state index in [9.17, 15) is 0 Å². The van der Waals surface area contributed by atoms with E-state index in [2.05, 4.69) is 32.9 Å². The first kappa shape index (κ1) is 16.5. The molecule has 1 aliphatic heterocycles. The fourth-order valence-corrected chi connectivity index (χ4v) is 3.46. The van der Waals surface area contributed by atoms with Gasteiger partial charge in [-0.15, -0.1) is 23.7 Å². The number of hydrogen-bond acceptors (Lipinski definition) is 5. The van der Waals surface area contributed by atoms with Gasteiger partial charge in [0.05, 0.1) is 10.6 Å². The summed E-state index contributed by atoms with van der Waals surface area (Å²) in [6, 6.07) is 6.18. The van der Waals surface area contributed by atoms with Crippen molar-refractivity contribution in [2.75, 3.05) is 26.7 Å². The van der Waals surface area contributed by atoms with Crippen molar-refractivity contribution < 1.29 is 4.52 Å². The number of likely N-dealkylation sites (tertiary alicyclic amines) is 1. The van der Waals surface area contributed by atoms with E-state index < -0.39 is 0 Å². The highest BCUT2D eigenvalue weighted by atomic mass is 35.5. The van der Waals surface area contributed by atoms with Gasteiger partial charge in [-0.2, -0.15) is 0 Å². The monoisotopic (exact) mass is 327 g/mol. The minimum atomic E-state index is 0. The van der Waals surface area contributed by atoms with E-state index in [1.54, 1.807) is 11.3 Å². The lowest BCUT2D eigenvalue weighted by Gasteiger charge is -2.31. The summed E-state index contributed by atoms with van der Waals surface area (Å²) < 4.78 is 5.43. The zero-order chi connectivity index (χ0) is 13.8. The maximum absolute atomic E-state index is 5.43. The number of rotatable bonds is 5. The van der Waals surface area contributed by atoms with Gasteiger partial charge in [0.15, 0.2) is 5.76 Å². The standard InChI is InChI=1S/C15H21N3OS.ClH/c1-16-10-12-4-6-18(7-5-12)11-13-9-14(19-17-13)15-3-2-8-20-15;/h2-3,8-9,12,16H,4-7,10-11H2,1H3;1H. The van der Waals surface area contributed by atoms with Crippen LogP contribution in [0.2, 0.25) is 0 Å². The Hall–Kier alpha value is -0.880. The molecule has 1 saturated heterocycles. The lowest BCUT2D eigenvalue weighted by Crippen LogP contribution is -2.36. The average molecular weight is 328 g/mol. The number of thiophene rings is 1. The van der Waals surface area contributed by atoms with Gasteiger partial charge in [0, 0.05) is 12.6 Å². The molecular weight excluding hydrogens is 306 g/mol. The molecule has 2 aromatic rings. The third-order valence-corrected chi connectivity index (χ3v) is 4.79. The predicted octanol–water partition coefficient (Wildman–Crippen LogP) is 3.26. The van der Waals surface area contributed by atoms with Gasteiger partial charge in [-0.3, -0.25) is 4.90 Å². The number of nitrogens with one attached hydrogen (secondary N) is 1. The van der Waals surface area contributed by atoms with Crippen molar-refractivity contribution in [1.29, 1.82) is 0 Å². The first-order chi connectivity index (χ1) is 9.85. The van der Waals surface area contributed by atoms with Crippen LogP contribution in [0.4, 0.5) is 0 Å². The summed E-state index contributed by atoms with van der Waals surface area (Å²) in [6.45, 7) is 4.36. The summed E-state index contributed by atoms with van der Waals surface area (Å²) in [7, 11) is 2.04. The summed E-state index contributed by atoms with van der Waals surface area (Å²) in [6.07, 6.45) is 2.55. The fraction of sp³-hybridized carbons (Fsp3) is 0.533. The molecule has 6 heteroatoms. The third kappa shape index (κ3) is 4.30. The second-order valence-corrected chi connectivity index (χ2v) is 6.38. The Morgan fingerprint density at radius 2 is 2.24 bits per heavy atom. The van der Waals surface area contributed by atoms with Crippen molar-refractivity contribution in [3.8, 4) is 10.6 Å². The smallest absolute Gasteiger partial charge is 0.177 e. The average Bonchev–Trinajstić information content (AvgIpc) is 3.12. The number of nitrogens with zero attached hydrogens (tertiary/aromatic N) is 2. The van der Waals surface area contributed by atoms with Crippen LogP contribution in [0.25, 0.3) is 10.6 Å². The summed E-state index contributed by atoms with van der Waals surface area (Å²) in [5.74, 6) is 1.72. The molecule has 0 radical (unpaired) electrons. The van der Waals surface area contributed by atoms with Crippen molar-refractivity contribution in [2.24, 2.45) is 5.92 Å². The first-order valence-electron chi connectivity index (χ1n) is 7.21. The number of hydrogen-bond donors (Lipinski definition) is 1.